The molecule has 5 nitrogen and oxygen atoms in total. The van der Waals surface area contributed by atoms with Gasteiger partial charge in [0.1, 0.15) is 5.75 Å². The molecule has 9 heteroatoms. The Balaban J connectivity index is 1.79. The number of nitrogens with zero attached hydrogens (tertiary/aromatic N) is 1. The van der Waals surface area contributed by atoms with Gasteiger partial charge in [0.2, 0.25) is 0 Å². The lowest BCUT2D eigenvalue weighted by molar-refractivity contribution is -0.384. The molecule has 3 aromatic carbocycles. The number of halogens is 3. The van der Waals surface area contributed by atoms with Crippen molar-refractivity contribution in [1.29, 1.82) is 0 Å². The monoisotopic (exact) mass is 482 g/mol. The molecule has 0 aromatic heterocycles. The minimum Gasteiger partial charge on any atom is -0.453 e. The minimum atomic E-state index is -0.536. The molecule has 3 rings (SSSR count). The summed E-state index contributed by atoms with van der Waals surface area (Å²) in [6.07, 6.45) is 0. The van der Waals surface area contributed by atoms with Crippen LogP contribution in [0.2, 0.25) is 15.1 Å². The Morgan fingerprint density at radius 2 is 1.67 bits per heavy atom. The molecule has 0 aliphatic rings. The molecule has 1 N–H and O–H groups in total. The van der Waals surface area contributed by atoms with E-state index in [-0.39, 0.29) is 22.2 Å². The fourth-order valence-electron chi connectivity index (χ4n) is 2.70. The first-order valence-corrected chi connectivity index (χ1v) is 10.8. The van der Waals surface area contributed by atoms with Gasteiger partial charge in [-0.25, -0.2) is 0 Å². The molecule has 0 aliphatic heterocycles. The number of nitrogens with one attached hydrogen (secondary N) is 1. The SMILES string of the molecule is CC(C)c1ccccc1NSc1cc(Cl)c(Oc2ccc([N+](=O)[O-])cc2Cl)c(Cl)c1. The molecule has 3 aromatic rings. The number of non-ortho nitro benzene ring substituents is 1. The number of nitro groups is 1. The first-order valence-electron chi connectivity index (χ1n) is 8.89. The standard InChI is InChI=1S/C21H17Cl3N2O3S/c1-12(2)15-5-3-4-6-19(15)25-30-14-10-17(23)21(18(24)11-14)29-20-8-7-13(26(27)28)9-16(20)22/h3-12,25H,1-2H3. The van der Waals surface area contributed by atoms with Crippen LogP contribution < -0.4 is 9.46 Å². The lowest BCUT2D eigenvalue weighted by atomic mass is 10.0. The van der Waals surface area contributed by atoms with E-state index in [9.17, 15) is 10.1 Å². The summed E-state index contributed by atoms with van der Waals surface area (Å²) in [5, 5.41) is 11.5. The van der Waals surface area contributed by atoms with E-state index >= 15 is 0 Å². The van der Waals surface area contributed by atoms with Gasteiger partial charge in [-0.3, -0.25) is 10.1 Å². The predicted octanol–water partition coefficient (Wildman–Crippen LogP) is 8.59. The number of nitro benzene ring substituents is 1. The number of hydrogen-bond acceptors (Lipinski definition) is 5. The summed E-state index contributed by atoms with van der Waals surface area (Å²) >= 11 is 20.2. The van der Waals surface area contributed by atoms with E-state index in [2.05, 4.69) is 24.6 Å². The second-order valence-electron chi connectivity index (χ2n) is 6.64. The van der Waals surface area contributed by atoms with Crippen molar-refractivity contribution >= 4 is 58.1 Å². The third-order valence-corrected chi connectivity index (χ3v) is 5.82. The van der Waals surface area contributed by atoms with Crippen LogP contribution in [0, 0.1) is 10.1 Å². The van der Waals surface area contributed by atoms with E-state index in [1.165, 1.54) is 35.7 Å². The molecule has 0 spiro atoms. The van der Waals surface area contributed by atoms with Crippen LogP contribution in [0.25, 0.3) is 0 Å². The highest BCUT2D eigenvalue weighted by atomic mass is 35.5. The minimum absolute atomic E-state index is 0.0849. The largest absolute Gasteiger partial charge is 0.453 e. The number of anilines is 1. The van der Waals surface area contributed by atoms with Gasteiger partial charge in [-0.15, -0.1) is 0 Å². The molecule has 0 heterocycles. The van der Waals surface area contributed by atoms with Crippen LogP contribution in [0.15, 0.2) is 59.5 Å². The van der Waals surface area contributed by atoms with Gasteiger partial charge in [-0.2, -0.15) is 0 Å². The maximum Gasteiger partial charge on any atom is 0.271 e. The molecule has 156 valence electrons. The van der Waals surface area contributed by atoms with Crippen molar-refractivity contribution in [3.63, 3.8) is 0 Å². The summed E-state index contributed by atoms with van der Waals surface area (Å²) < 4.78 is 9.06. The highest BCUT2D eigenvalue weighted by Crippen LogP contribution is 2.42. The molecule has 0 fully saturated rings. The zero-order chi connectivity index (χ0) is 21.8. The number of benzene rings is 3. The topological polar surface area (TPSA) is 64.4 Å². The van der Waals surface area contributed by atoms with Gasteiger partial charge in [0.15, 0.2) is 5.75 Å². The highest BCUT2D eigenvalue weighted by molar-refractivity contribution is 8.00. The van der Waals surface area contributed by atoms with Crippen molar-refractivity contribution < 1.29 is 9.66 Å². The summed E-state index contributed by atoms with van der Waals surface area (Å²) in [6, 6.07) is 15.4. The average Bonchev–Trinajstić information content (AvgIpc) is 2.70. The molecule has 0 saturated heterocycles. The van der Waals surface area contributed by atoms with Gasteiger partial charge in [-0.1, -0.05) is 66.8 Å². The zero-order valence-electron chi connectivity index (χ0n) is 16.0. The zero-order valence-corrected chi connectivity index (χ0v) is 19.1. The Morgan fingerprint density at radius 3 is 2.27 bits per heavy atom. The molecule has 0 unspecified atom stereocenters. The van der Waals surface area contributed by atoms with Crippen molar-refractivity contribution in [3.8, 4) is 11.5 Å². The molecule has 30 heavy (non-hydrogen) atoms. The summed E-state index contributed by atoms with van der Waals surface area (Å²) in [5.74, 6) is 0.820. The van der Waals surface area contributed by atoms with Crippen molar-refractivity contribution in [2.24, 2.45) is 0 Å². The summed E-state index contributed by atoms with van der Waals surface area (Å²) in [4.78, 5) is 11.1. The molecule has 0 saturated carbocycles. The lowest BCUT2D eigenvalue weighted by Crippen LogP contribution is -1.96. The Bertz CT molecular complexity index is 1070. The quantitative estimate of drug-likeness (QED) is 0.207. The van der Waals surface area contributed by atoms with Crippen LogP contribution in [0.4, 0.5) is 11.4 Å². The van der Waals surface area contributed by atoms with E-state index in [0.717, 1.165) is 10.6 Å². The van der Waals surface area contributed by atoms with Gasteiger partial charge in [0, 0.05) is 22.7 Å². The predicted molar refractivity (Wildman–Crippen MR) is 125 cm³/mol. The van der Waals surface area contributed by atoms with E-state index in [0.29, 0.717) is 16.0 Å². The third kappa shape index (κ3) is 5.32. The third-order valence-electron chi connectivity index (χ3n) is 4.17. The Kier molecular flexibility index (Phi) is 7.36. The number of rotatable bonds is 7. The lowest BCUT2D eigenvalue weighted by Gasteiger charge is -2.15. The van der Waals surface area contributed by atoms with E-state index in [1.807, 2.05) is 18.2 Å². The van der Waals surface area contributed by atoms with Crippen molar-refractivity contribution in [1.82, 2.24) is 0 Å². The molecular weight excluding hydrogens is 467 g/mol. The maximum absolute atomic E-state index is 10.8. The van der Waals surface area contributed by atoms with Crippen molar-refractivity contribution in [2.45, 2.75) is 24.7 Å². The molecular formula is C21H17Cl3N2O3S. The Hall–Kier alpha value is -2.12. The number of para-hydroxylation sites is 1. The molecule has 0 radical (unpaired) electrons. The van der Waals surface area contributed by atoms with E-state index in [4.69, 9.17) is 39.5 Å². The molecule has 0 bridgehead atoms. The van der Waals surface area contributed by atoms with Crippen LogP contribution in [-0.4, -0.2) is 4.92 Å². The second-order valence-corrected chi connectivity index (χ2v) is 8.74. The fraction of sp³-hybridized carbons (Fsp3) is 0.143. The van der Waals surface area contributed by atoms with Crippen molar-refractivity contribution in [2.75, 3.05) is 4.72 Å². The Labute approximate surface area is 193 Å². The van der Waals surface area contributed by atoms with E-state index in [1.54, 1.807) is 12.1 Å². The van der Waals surface area contributed by atoms with Crippen LogP contribution in [0.1, 0.15) is 25.3 Å². The molecule has 0 atom stereocenters. The van der Waals surface area contributed by atoms with Gasteiger partial charge < -0.3 is 9.46 Å². The molecule has 0 aliphatic carbocycles. The van der Waals surface area contributed by atoms with Crippen LogP contribution in [0.5, 0.6) is 11.5 Å². The summed E-state index contributed by atoms with van der Waals surface area (Å²) in [6.45, 7) is 4.27. The highest BCUT2D eigenvalue weighted by Gasteiger charge is 2.16. The smallest absolute Gasteiger partial charge is 0.271 e. The van der Waals surface area contributed by atoms with E-state index < -0.39 is 4.92 Å². The fourth-order valence-corrected chi connectivity index (χ4v) is 4.37. The van der Waals surface area contributed by atoms with Crippen LogP contribution in [-0.2, 0) is 0 Å². The average molecular weight is 484 g/mol. The second kappa shape index (κ2) is 9.79. The van der Waals surface area contributed by atoms with Crippen molar-refractivity contribution in [3.05, 3.63) is 85.3 Å². The molecule has 0 amide bonds. The normalized spacial score (nSPS) is 10.9. The van der Waals surface area contributed by atoms with Gasteiger partial charge in [-0.05, 0) is 47.7 Å². The summed E-state index contributed by atoms with van der Waals surface area (Å²) in [5.41, 5.74) is 2.08. The Morgan fingerprint density at radius 1 is 1.00 bits per heavy atom. The first kappa shape index (κ1) is 22.6. The van der Waals surface area contributed by atoms with Gasteiger partial charge in [0.25, 0.3) is 5.69 Å². The number of hydrogen-bond donors (Lipinski definition) is 1. The number of ether oxygens (including phenoxy) is 1. The van der Waals surface area contributed by atoms with Crippen LogP contribution in [0.3, 0.4) is 0 Å². The first-order chi connectivity index (χ1) is 14.3. The van der Waals surface area contributed by atoms with Gasteiger partial charge in [0.05, 0.1) is 20.0 Å². The summed E-state index contributed by atoms with van der Waals surface area (Å²) in [7, 11) is 0. The van der Waals surface area contributed by atoms with Crippen LogP contribution >= 0.6 is 46.8 Å². The maximum atomic E-state index is 10.8. The van der Waals surface area contributed by atoms with Gasteiger partial charge >= 0.3 is 0 Å².